The molecule has 14 heteroatoms. The van der Waals surface area contributed by atoms with E-state index in [2.05, 4.69) is 57.8 Å². The van der Waals surface area contributed by atoms with Crippen LogP contribution < -0.4 is 15.0 Å². The summed E-state index contributed by atoms with van der Waals surface area (Å²) < 4.78 is 31.8. The van der Waals surface area contributed by atoms with Gasteiger partial charge in [0.25, 0.3) is 0 Å². The van der Waals surface area contributed by atoms with E-state index in [-0.39, 0.29) is 40.7 Å². The molecule has 5 fully saturated rings. The molecule has 5 unspecified atom stereocenters. The van der Waals surface area contributed by atoms with E-state index in [1.165, 1.54) is 7.11 Å². The minimum absolute atomic E-state index is 0.0623. The van der Waals surface area contributed by atoms with E-state index in [0.29, 0.717) is 77.2 Å². The number of carbonyl (C=O) groups excluding carboxylic acids is 1. The Hall–Kier alpha value is -4.67. The van der Waals surface area contributed by atoms with Crippen molar-refractivity contribution in [3.8, 4) is 23.1 Å². The number of amides is 1. The maximum Gasteiger partial charge on any atom is 0.410 e. The summed E-state index contributed by atoms with van der Waals surface area (Å²) in [6.45, 7) is 4.77. The second-order valence-corrected chi connectivity index (χ2v) is 16.8. The molecule has 5 aliphatic rings. The molecule has 5 aromatic rings. The van der Waals surface area contributed by atoms with Crippen LogP contribution in [-0.4, -0.2) is 95.5 Å². The van der Waals surface area contributed by atoms with E-state index < -0.39 is 18.0 Å². The molecule has 0 spiro atoms. The van der Waals surface area contributed by atoms with Crippen LogP contribution >= 0.6 is 23.2 Å². The van der Waals surface area contributed by atoms with Gasteiger partial charge in [-0.15, -0.1) is 0 Å². The number of carbonyl (C=O) groups is 1. The summed E-state index contributed by atoms with van der Waals surface area (Å²) in [5, 5.41) is 15.5. The predicted molar refractivity (Wildman–Crippen MR) is 215 cm³/mol. The van der Waals surface area contributed by atoms with E-state index in [9.17, 15) is 10.1 Å². The molecular formula is C42H43Cl2FN8O3. The zero-order valence-corrected chi connectivity index (χ0v) is 33.2. The Labute approximate surface area is 334 Å². The third kappa shape index (κ3) is 5.85. The zero-order valence-electron chi connectivity index (χ0n) is 31.7. The lowest BCUT2D eigenvalue weighted by Gasteiger charge is -2.52. The maximum absolute atomic E-state index is 17.7. The van der Waals surface area contributed by atoms with Gasteiger partial charge in [0.1, 0.15) is 17.4 Å². The zero-order chi connectivity index (χ0) is 39.0. The average molecular weight is 798 g/mol. The maximum atomic E-state index is 17.7. The first-order chi connectivity index (χ1) is 27.0. The molecule has 7 heterocycles. The summed E-state index contributed by atoms with van der Waals surface area (Å²) in [7, 11) is 5.54. The van der Waals surface area contributed by atoms with Gasteiger partial charge in [0.05, 0.1) is 52.9 Å². The molecule has 11 nitrogen and oxygen atoms in total. The molecule has 4 saturated heterocycles. The number of hydrogen-bond acceptors (Lipinski definition) is 9. The molecule has 290 valence electrons. The molecule has 1 amide bonds. The number of fused-ring (bicyclic) bond motifs is 4. The topological polar surface area (TPSA) is 112 Å². The number of pyridine rings is 2. The Morgan fingerprint density at radius 2 is 1.96 bits per heavy atom. The third-order valence-corrected chi connectivity index (χ3v) is 13.4. The van der Waals surface area contributed by atoms with E-state index in [1.807, 2.05) is 24.3 Å². The highest BCUT2D eigenvalue weighted by molar-refractivity contribution is 6.43. The number of nitriles is 1. The molecule has 2 bridgehead atoms. The van der Waals surface area contributed by atoms with Crippen LogP contribution in [0.4, 0.5) is 15.0 Å². The van der Waals surface area contributed by atoms with Crippen LogP contribution in [0.1, 0.15) is 49.5 Å². The number of halogens is 3. The SMILES string of the molecule is COC(=O)N1CC(Oc2ccccn2)CC1c1cc2c(N3CC(C)(N(C)C)C3)nc3c(F)c(-c4cccc(Cl)c4Cl)c(CCC#N)cc3c2n1C1C2CNC1C2. The second kappa shape index (κ2) is 14.1. The number of likely N-dealkylation sites (N-methyl/N-ethyl adjacent to an activating group) is 1. The van der Waals surface area contributed by atoms with Crippen molar-refractivity contribution in [3.05, 3.63) is 81.8 Å². The Morgan fingerprint density at radius 1 is 1.14 bits per heavy atom. The molecule has 1 saturated carbocycles. The molecule has 5 atom stereocenters. The molecular weight excluding hydrogens is 754 g/mol. The number of anilines is 1. The summed E-state index contributed by atoms with van der Waals surface area (Å²) in [5.74, 6) is 1.01. The van der Waals surface area contributed by atoms with Crippen molar-refractivity contribution in [3.63, 3.8) is 0 Å². The van der Waals surface area contributed by atoms with Gasteiger partial charge >= 0.3 is 6.09 Å². The van der Waals surface area contributed by atoms with Gasteiger partial charge in [-0.1, -0.05) is 41.4 Å². The van der Waals surface area contributed by atoms with Crippen LogP contribution in [-0.2, 0) is 11.2 Å². The summed E-state index contributed by atoms with van der Waals surface area (Å²) in [4.78, 5) is 29.4. The van der Waals surface area contributed by atoms with Gasteiger partial charge in [0, 0.05) is 78.4 Å². The summed E-state index contributed by atoms with van der Waals surface area (Å²) >= 11 is 13.3. The monoisotopic (exact) mass is 796 g/mol. The highest BCUT2D eigenvalue weighted by atomic mass is 35.5. The highest BCUT2D eigenvalue weighted by Gasteiger charge is 2.51. The van der Waals surface area contributed by atoms with Crippen LogP contribution in [0.5, 0.6) is 5.88 Å². The van der Waals surface area contributed by atoms with Crippen molar-refractivity contribution in [2.45, 2.75) is 62.4 Å². The van der Waals surface area contributed by atoms with E-state index in [0.717, 1.165) is 29.6 Å². The number of benzene rings is 2. The largest absolute Gasteiger partial charge is 0.472 e. The van der Waals surface area contributed by atoms with Crippen LogP contribution in [0.15, 0.2) is 54.7 Å². The molecule has 0 radical (unpaired) electrons. The van der Waals surface area contributed by atoms with E-state index >= 15 is 4.39 Å². The van der Waals surface area contributed by atoms with Crippen LogP contribution in [0.25, 0.3) is 32.9 Å². The van der Waals surface area contributed by atoms with E-state index in [4.69, 9.17) is 37.7 Å². The first kappa shape index (κ1) is 36.9. The number of nitrogens with one attached hydrogen (secondary N) is 1. The van der Waals surface area contributed by atoms with Crippen LogP contribution in [0.2, 0.25) is 10.0 Å². The van der Waals surface area contributed by atoms with Crippen molar-refractivity contribution in [2.24, 2.45) is 5.92 Å². The van der Waals surface area contributed by atoms with Gasteiger partial charge in [0.2, 0.25) is 5.88 Å². The van der Waals surface area contributed by atoms with Gasteiger partial charge in [-0.3, -0.25) is 4.90 Å². The number of likely N-dealkylation sites (tertiary alicyclic amines) is 1. The number of hydrogen-bond donors (Lipinski definition) is 1. The number of aromatic nitrogens is 3. The van der Waals surface area contributed by atoms with Gasteiger partial charge in [-0.25, -0.2) is 19.2 Å². The molecule has 4 aliphatic heterocycles. The second-order valence-electron chi connectivity index (χ2n) is 16.0. The quantitative estimate of drug-likeness (QED) is 0.160. The van der Waals surface area contributed by atoms with Crippen LogP contribution in [0.3, 0.4) is 0 Å². The fourth-order valence-corrected chi connectivity index (χ4v) is 9.85. The first-order valence-electron chi connectivity index (χ1n) is 19.1. The molecule has 1 N–H and O–H groups in total. The van der Waals surface area contributed by atoms with E-state index in [1.54, 1.807) is 29.3 Å². The Bertz CT molecular complexity index is 2400. The number of methoxy groups -OCH3 is 1. The fourth-order valence-electron chi connectivity index (χ4n) is 9.45. The van der Waals surface area contributed by atoms with Gasteiger partial charge in [0.15, 0.2) is 5.82 Å². The normalized spacial score (nSPS) is 23.7. The van der Waals surface area contributed by atoms with Crippen molar-refractivity contribution in [2.75, 3.05) is 52.3 Å². The highest BCUT2D eigenvalue weighted by Crippen LogP contribution is 2.52. The summed E-state index contributed by atoms with van der Waals surface area (Å²) in [6, 6.07) is 17.0. The van der Waals surface area contributed by atoms with Gasteiger partial charge in [-0.05, 0) is 69.6 Å². The Morgan fingerprint density at radius 3 is 2.64 bits per heavy atom. The first-order valence-corrected chi connectivity index (χ1v) is 19.9. The lowest BCUT2D eigenvalue weighted by molar-refractivity contribution is 0.111. The number of ether oxygens (including phenoxy) is 2. The van der Waals surface area contributed by atoms with Gasteiger partial charge in [-0.2, -0.15) is 5.26 Å². The molecule has 1 aliphatic carbocycles. The summed E-state index contributed by atoms with van der Waals surface area (Å²) in [5.41, 5.74) is 3.30. The molecule has 56 heavy (non-hydrogen) atoms. The molecule has 3 aromatic heterocycles. The molecule has 2 aromatic carbocycles. The fraction of sp³-hybridized carbons (Fsp3) is 0.429. The Balaban J connectivity index is 1.32. The predicted octanol–water partition coefficient (Wildman–Crippen LogP) is 7.79. The summed E-state index contributed by atoms with van der Waals surface area (Å²) in [6.07, 6.45) is 2.90. The Kier molecular flexibility index (Phi) is 9.27. The smallest absolute Gasteiger partial charge is 0.410 e. The standard InChI is InChI=1S/C42H43Cl2FN8O3/c1-42(50(2)3)21-51(22-42)40-28-18-32(31-17-25(20-52(31)41(54)55-4)56-33-12-5-6-14-47-33)53(38-24-16-30(38)48-19-24)39(28)27-15-23(9-8-13-46)34(36(45)37(27)49-40)26-10-7-11-29(43)35(26)44/h5-7,10-12,14-15,18,24-25,30-31,38,48H,8-9,16-17,19-22H2,1-4H3. The lowest BCUT2D eigenvalue weighted by atomic mass is 9.79. The van der Waals surface area contributed by atoms with Crippen molar-refractivity contribution < 1.29 is 18.7 Å². The minimum Gasteiger partial charge on any atom is -0.472 e. The minimum atomic E-state index is -0.511. The van der Waals surface area contributed by atoms with Crippen molar-refractivity contribution in [1.29, 1.82) is 5.26 Å². The third-order valence-electron chi connectivity index (χ3n) is 12.6. The van der Waals surface area contributed by atoms with Crippen molar-refractivity contribution >= 4 is 56.9 Å². The van der Waals surface area contributed by atoms with Crippen molar-refractivity contribution in [1.82, 2.24) is 29.7 Å². The number of rotatable bonds is 9. The lowest BCUT2D eigenvalue weighted by Crippen LogP contribution is -2.67. The number of nitrogens with zero attached hydrogens (tertiary/aromatic N) is 7. The van der Waals surface area contributed by atoms with Gasteiger partial charge < -0.3 is 29.2 Å². The van der Waals surface area contributed by atoms with Crippen LogP contribution in [0, 0.1) is 23.1 Å². The average Bonchev–Trinajstić information content (AvgIpc) is 3.99. The molecule has 10 rings (SSSR count). The number of aryl methyl sites for hydroxylation is 1.